The zero-order valence-corrected chi connectivity index (χ0v) is 48.9. The van der Waals surface area contributed by atoms with Crippen LogP contribution >= 0.6 is 0 Å². The number of hydrogen-bond donors (Lipinski definition) is 0. The molecule has 0 radical (unpaired) electrons. The Hall–Kier alpha value is -8.28. The summed E-state index contributed by atoms with van der Waals surface area (Å²) in [5.74, 6) is 0. The molecule has 3 aliphatic heterocycles. The van der Waals surface area contributed by atoms with Crippen LogP contribution in [0.5, 0.6) is 0 Å². The van der Waals surface area contributed by atoms with E-state index in [-0.39, 0.29) is 78.8 Å². The van der Waals surface area contributed by atoms with E-state index in [0.29, 0.717) is 4.90 Å². The molecule has 0 spiro atoms. The van der Waals surface area contributed by atoms with Crippen molar-refractivity contribution < 1.29 is 43.9 Å². The Morgan fingerprint density at radius 3 is 1.51 bits per heavy atom. The van der Waals surface area contributed by atoms with Gasteiger partial charge in [0.25, 0.3) is 6.71 Å². The Morgan fingerprint density at radius 2 is 0.892 bits per heavy atom. The lowest BCUT2D eigenvalue weighted by Gasteiger charge is -2.47. The predicted molar refractivity (Wildman–Crippen MR) is 359 cm³/mol. The second-order valence-electron chi connectivity index (χ2n) is 26.6. The van der Waals surface area contributed by atoms with Crippen LogP contribution in [0, 0.1) is 0 Å². The third kappa shape index (κ3) is 8.46. The molecule has 0 N–H and O–H groups in total. The van der Waals surface area contributed by atoms with Crippen LogP contribution in [-0.2, 0) is 27.1 Å². The second-order valence-corrected chi connectivity index (χ2v) is 26.6. The van der Waals surface area contributed by atoms with Crippen LogP contribution in [0.25, 0.3) is 49.4 Å². The Labute approximate surface area is 538 Å². The largest absolute Gasteiger partial charge is 0.311 e. The van der Waals surface area contributed by atoms with Gasteiger partial charge in [0.15, 0.2) is 0 Å². The van der Waals surface area contributed by atoms with Gasteiger partial charge in [-0.05, 0) is 190 Å². The maximum atomic E-state index is 11.3. The summed E-state index contributed by atoms with van der Waals surface area (Å²) >= 11 is 0. The topological polar surface area (TPSA) is 14.7 Å². The number of fused-ring (bicyclic) bond motifs is 10. The van der Waals surface area contributed by atoms with Gasteiger partial charge in [0.1, 0.15) is 0 Å². The van der Waals surface area contributed by atoms with Crippen molar-refractivity contribution >= 4 is 107 Å². The van der Waals surface area contributed by atoms with Gasteiger partial charge >= 0.3 is 0 Å². The molecule has 0 saturated carbocycles. The van der Waals surface area contributed by atoms with E-state index < -0.39 is 293 Å². The fourth-order valence-electron chi connectivity index (χ4n) is 10.8. The summed E-state index contributed by atoms with van der Waals surface area (Å²) in [6.45, 7) is 22.7. The van der Waals surface area contributed by atoms with Crippen molar-refractivity contribution in [1.82, 2.24) is 4.57 Å². The molecule has 0 unspecified atom stereocenters. The fourth-order valence-corrected chi connectivity index (χ4v) is 10.8. The van der Waals surface area contributed by atoms with E-state index in [2.05, 4.69) is 0 Å². The fraction of sp³-hybridized carbons (Fsp3) is 0.256. The lowest BCUT2D eigenvalue weighted by Crippen LogP contribution is -2.62. The van der Waals surface area contributed by atoms with E-state index in [9.17, 15) is 38.4 Å². The summed E-state index contributed by atoms with van der Waals surface area (Å²) in [5, 5.41) is -1.38. The standard InChI is InChI=1S/C78H77BN4/c1-74(2,3)52-27-34-57(35-28-52)80(58-36-29-53(30-37-58)75(4,5)6)60-38-39-63-67(47-60)81(59-32-25-49(26-33-59)51-24-23-48-19-16-17-20-50(48)41-51)68-44-56(78(13,14)15)45-69-71(68)79(63)64-21-18-22-66-73(64)83(69)70-46-55(77(10,11)12)43-62-61-42-54(76(7,8)9)31-40-65(61)82(66)72(62)70/h16-47H,1-15H3/i16D,17D,18D,19D,20D,21D,22D,23D,24D,25D,26D,27D,28D,29D,30D,31D,32D,33D,34D,35D,36D,37D,38D,39D,40D,41D,42D,43D,44D,45D,46D,47D. The molecule has 0 fully saturated rings. The lowest BCUT2D eigenvalue weighted by molar-refractivity contribution is 0.590. The average Bonchev–Trinajstić information content (AvgIpc) is 1.62. The Bertz CT molecular complexity index is 6260. The first-order valence-electron chi connectivity index (χ1n) is 43.5. The SMILES string of the molecule is [2H]c1c([2H])c2c3c(c1[2H])-n1c4c([2H])c([2H])c(C(C)(C)C)c([2H])c4c4c([2H])c(C(C)(C)C)c([2H])c(c41)N3c1c([2H])c(C(C)(C)C)c([2H])c3c1B2c1c([2H])c([2H])c(N(c2c([2H])c([2H])c(C(C)(C)C)c([2H])c2[2H])c2c([2H])c([2H])c(C(C)(C)C)c([2H])c2[2H])c([2H])c1N3c1c([2H])c([2H])c(-c2c([2H])c([2H])c3c([2H])c([2H])c([2H])c([2H])c3c2[2H])c([2H])c1[2H]. The minimum atomic E-state index is -2.07. The van der Waals surface area contributed by atoms with Crippen molar-refractivity contribution in [3.63, 3.8) is 0 Å². The van der Waals surface area contributed by atoms with Gasteiger partial charge in [-0.15, -0.1) is 0 Å². The van der Waals surface area contributed by atoms with Crippen LogP contribution in [0.2, 0.25) is 0 Å². The molecule has 5 heteroatoms. The van der Waals surface area contributed by atoms with E-state index in [0.717, 1.165) is 4.90 Å². The minimum absolute atomic E-state index is 0.0155. The Balaban J connectivity index is 1.28. The number of anilines is 9. The predicted octanol–water partition coefficient (Wildman–Crippen LogP) is 20.0. The van der Waals surface area contributed by atoms with Crippen LogP contribution in [0.1, 0.15) is 176 Å². The number of hydrogen-bond acceptors (Lipinski definition) is 3. The first-order chi connectivity index (χ1) is 52.8. The molecule has 4 heterocycles. The highest BCUT2D eigenvalue weighted by Crippen LogP contribution is 2.55. The van der Waals surface area contributed by atoms with Gasteiger partial charge < -0.3 is 19.3 Å². The molecular weight excluding hydrogens is 1000 g/mol. The van der Waals surface area contributed by atoms with Gasteiger partial charge in [0.05, 0.1) is 72.0 Å². The molecule has 11 aromatic rings. The van der Waals surface area contributed by atoms with Crippen LogP contribution in [0.4, 0.5) is 51.2 Å². The number of nitrogens with zero attached hydrogens (tertiary/aromatic N) is 4. The molecule has 0 atom stereocenters. The van der Waals surface area contributed by atoms with Crippen LogP contribution in [0.3, 0.4) is 0 Å². The smallest absolute Gasteiger partial charge is 0.252 e. The lowest BCUT2D eigenvalue weighted by atomic mass is 9.33. The van der Waals surface area contributed by atoms with Gasteiger partial charge in [0.2, 0.25) is 0 Å². The third-order valence-electron chi connectivity index (χ3n) is 15.3. The number of para-hydroxylation sites is 1. The monoisotopic (exact) mass is 1110 g/mol. The second kappa shape index (κ2) is 18.1. The molecule has 0 bridgehead atoms. The van der Waals surface area contributed by atoms with Crippen molar-refractivity contribution in [2.75, 3.05) is 14.7 Å². The zero-order valence-electron chi connectivity index (χ0n) is 80.9. The summed E-state index contributed by atoms with van der Waals surface area (Å²) < 4.78 is 322. The first kappa shape index (κ1) is 28.3. The van der Waals surface area contributed by atoms with Gasteiger partial charge in [-0.25, -0.2) is 0 Å². The minimum Gasteiger partial charge on any atom is -0.311 e. The van der Waals surface area contributed by atoms with Crippen molar-refractivity contribution in [3.05, 3.63) is 221 Å². The maximum Gasteiger partial charge on any atom is 0.252 e. The van der Waals surface area contributed by atoms with E-state index in [1.54, 1.807) is 104 Å². The molecule has 4 nitrogen and oxygen atoms in total. The zero-order chi connectivity index (χ0) is 85.9. The molecule has 1 aromatic heterocycles. The highest BCUT2D eigenvalue weighted by molar-refractivity contribution is 7.00. The highest BCUT2D eigenvalue weighted by Gasteiger charge is 2.47. The molecule has 0 amide bonds. The van der Waals surface area contributed by atoms with Crippen molar-refractivity contribution in [3.8, 4) is 16.8 Å². The number of rotatable bonds is 5. The third-order valence-corrected chi connectivity index (χ3v) is 15.3. The van der Waals surface area contributed by atoms with E-state index in [1.165, 1.54) is 9.47 Å². The Kier molecular flexibility index (Phi) is 6.18. The number of aromatic nitrogens is 1. The summed E-state index contributed by atoms with van der Waals surface area (Å²) in [6.07, 6.45) is 0. The van der Waals surface area contributed by atoms with Gasteiger partial charge in [0, 0.05) is 50.6 Å². The molecule has 0 saturated heterocycles. The summed E-state index contributed by atoms with van der Waals surface area (Å²) in [5.41, 5.74) is -16.8. The maximum absolute atomic E-state index is 11.3. The molecule has 412 valence electrons. The summed E-state index contributed by atoms with van der Waals surface area (Å²) in [4.78, 5) is 2.78. The quantitative estimate of drug-likeness (QED) is 0.160. The van der Waals surface area contributed by atoms with Crippen LogP contribution in [0.15, 0.2) is 193 Å². The molecule has 10 aromatic carbocycles. The van der Waals surface area contributed by atoms with E-state index >= 15 is 0 Å². The normalized spacial score (nSPS) is 19.3. The molecular formula is C78H77BN4. The molecule has 14 rings (SSSR count). The van der Waals surface area contributed by atoms with Crippen molar-refractivity contribution in [2.24, 2.45) is 0 Å². The molecule has 0 aliphatic carbocycles. The first-order valence-corrected chi connectivity index (χ1v) is 27.5. The number of benzene rings is 10. The Morgan fingerprint density at radius 1 is 0.361 bits per heavy atom. The van der Waals surface area contributed by atoms with Gasteiger partial charge in [-0.3, -0.25) is 0 Å². The van der Waals surface area contributed by atoms with Crippen LogP contribution in [-0.4, -0.2) is 11.3 Å². The van der Waals surface area contributed by atoms with Gasteiger partial charge in [-0.2, -0.15) is 0 Å². The van der Waals surface area contributed by atoms with Gasteiger partial charge in [-0.1, -0.05) is 201 Å². The average molecular weight is 1110 g/mol. The summed E-state index contributed by atoms with van der Waals surface area (Å²) in [7, 11) is 0. The van der Waals surface area contributed by atoms with Crippen LogP contribution < -0.4 is 31.1 Å². The molecule has 3 aliphatic rings. The molecule has 83 heavy (non-hydrogen) atoms. The van der Waals surface area contributed by atoms with E-state index in [1.807, 2.05) is 0 Å². The van der Waals surface area contributed by atoms with E-state index in [4.69, 9.17) is 5.48 Å². The highest BCUT2D eigenvalue weighted by atomic mass is 15.2. The summed E-state index contributed by atoms with van der Waals surface area (Å²) in [6, 6.07) is -26.7. The van der Waals surface area contributed by atoms with Crippen molar-refractivity contribution in [2.45, 2.75) is 131 Å². The van der Waals surface area contributed by atoms with Crippen molar-refractivity contribution in [1.29, 1.82) is 0 Å².